The van der Waals surface area contributed by atoms with Crippen LogP contribution in [0.15, 0.2) is 36.4 Å². The lowest BCUT2D eigenvalue weighted by Crippen LogP contribution is -2.39. The summed E-state index contributed by atoms with van der Waals surface area (Å²) in [4.78, 5) is 35.5. The lowest BCUT2D eigenvalue weighted by atomic mass is 9.98. The number of hydrogen-bond donors (Lipinski definition) is 4. The Morgan fingerprint density at radius 3 is 2.71 bits per heavy atom. The normalized spacial score (nSPS) is 13.3. The number of amides is 4. The first-order chi connectivity index (χ1) is 14.9. The zero-order valence-corrected chi connectivity index (χ0v) is 17.6. The Labute approximate surface area is 184 Å². The first kappa shape index (κ1) is 22.2. The van der Waals surface area contributed by atoms with Crippen molar-refractivity contribution < 1.29 is 23.9 Å². The summed E-state index contributed by atoms with van der Waals surface area (Å²) in [6.45, 7) is 2.39. The number of carbonyl (C=O) groups is 3. The van der Waals surface area contributed by atoms with E-state index in [1.54, 1.807) is 0 Å². The molecule has 5 N–H and O–H groups in total. The van der Waals surface area contributed by atoms with Crippen LogP contribution < -0.4 is 31.2 Å². The molecule has 0 radical (unpaired) electrons. The van der Waals surface area contributed by atoms with Crippen LogP contribution in [-0.2, 0) is 16.0 Å². The number of halogens is 1. The Kier molecular flexibility index (Phi) is 7.19. The monoisotopic (exact) mass is 446 g/mol. The molecule has 0 saturated carbocycles. The van der Waals surface area contributed by atoms with Gasteiger partial charge in [0.05, 0.1) is 28.9 Å². The fraction of sp³-hybridized carbons (Fsp3) is 0.286. The highest BCUT2D eigenvalue weighted by Gasteiger charge is 2.20. The summed E-state index contributed by atoms with van der Waals surface area (Å²) < 4.78 is 10.7. The van der Waals surface area contributed by atoms with Crippen molar-refractivity contribution in [3.8, 4) is 11.5 Å². The number of hydrogen-bond acceptors (Lipinski definition) is 5. The highest BCUT2D eigenvalue weighted by atomic mass is 35.5. The second-order valence-electron chi connectivity index (χ2n) is 6.88. The zero-order valence-electron chi connectivity index (χ0n) is 16.9. The summed E-state index contributed by atoms with van der Waals surface area (Å²) in [5.41, 5.74) is 7.13. The van der Waals surface area contributed by atoms with Gasteiger partial charge in [0.15, 0.2) is 6.61 Å². The van der Waals surface area contributed by atoms with Crippen LogP contribution in [0, 0.1) is 5.92 Å². The molecular weight excluding hydrogens is 424 g/mol. The molecule has 0 spiro atoms. The summed E-state index contributed by atoms with van der Waals surface area (Å²) in [6.07, 6.45) is 0.370. The molecule has 1 aliphatic rings. The smallest absolute Gasteiger partial charge is 0.319 e. The molecule has 0 aliphatic carbocycles. The van der Waals surface area contributed by atoms with Crippen molar-refractivity contribution in [2.24, 2.45) is 11.7 Å². The van der Waals surface area contributed by atoms with Crippen molar-refractivity contribution in [3.05, 3.63) is 47.0 Å². The van der Waals surface area contributed by atoms with Gasteiger partial charge in [-0.3, -0.25) is 9.59 Å². The molecule has 2 aromatic carbocycles. The number of ether oxygens (including phenoxy) is 2. The van der Waals surface area contributed by atoms with Crippen molar-refractivity contribution in [3.63, 3.8) is 0 Å². The molecule has 0 bridgehead atoms. The zero-order chi connectivity index (χ0) is 22.4. The minimum absolute atomic E-state index is 0.0451. The number of anilines is 2. The maximum Gasteiger partial charge on any atom is 0.319 e. The van der Waals surface area contributed by atoms with Gasteiger partial charge in [-0.1, -0.05) is 23.7 Å². The van der Waals surface area contributed by atoms with Gasteiger partial charge in [0.2, 0.25) is 5.91 Å². The molecule has 0 saturated heterocycles. The minimum atomic E-state index is -0.596. The molecule has 3 rings (SSSR count). The average molecular weight is 447 g/mol. The molecule has 164 valence electrons. The third-order valence-electron chi connectivity index (χ3n) is 4.58. The second kappa shape index (κ2) is 10.0. The Morgan fingerprint density at radius 2 is 2.03 bits per heavy atom. The molecule has 10 heteroatoms. The van der Waals surface area contributed by atoms with Gasteiger partial charge in [0.1, 0.15) is 11.5 Å². The number of rotatable bonds is 8. The Balaban J connectivity index is 1.58. The third kappa shape index (κ3) is 6.02. The number of nitrogens with one attached hydrogen (secondary N) is 3. The van der Waals surface area contributed by atoms with Crippen LogP contribution in [0.1, 0.15) is 12.5 Å². The largest absolute Gasteiger partial charge is 0.494 e. The summed E-state index contributed by atoms with van der Waals surface area (Å²) >= 11 is 6.17. The van der Waals surface area contributed by atoms with Crippen LogP contribution in [0.2, 0.25) is 5.02 Å². The van der Waals surface area contributed by atoms with E-state index in [4.69, 9.17) is 26.8 Å². The van der Waals surface area contributed by atoms with E-state index in [0.717, 1.165) is 11.3 Å². The van der Waals surface area contributed by atoms with Crippen molar-refractivity contribution in [1.82, 2.24) is 5.32 Å². The first-order valence-corrected chi connectivity index (χ1v) is 10.1. The van der Waals surface area contributed by atoms with E-state index >= 15 is 0 Å². The molecule has 9 nitrogen and oxygen atoms in total. The third-order valence-corrected chi connectivity index (χ3v) is 4.89. The van der Waals surface area contributed by atoms with Gasteiger partial charge in [-0.15, -0.1) is 0 Å². The molecule has 4 amide bonds. The van der Waals surface area contributed by atoms with Crippen LogP contribution in [-0.4, -0.2) is 37.6 Å². The van der Waals surface area contributed by atoms with Crippen LogP contribution in [0.25, 0.3) is 0 Å². The van der Waals surface area contributed by atoms with E-state index in [9.17, 15) is 14.4 Å². The van der Waals surface area contributed by atoms with Gasteiger partial charge in [-0.2, -0.15) is 0 Å². The van der Waals surface area contributed by atoms with Gasteiger partial charge in [-0.25, -0.2) is 4.79 Å². The number of primary amides is 1. The van der Waals surface area contributed by atoms with Crippen LogP contribution in [0.5, 0.6) is 11.5 Å². The number of urea groups is 1. The first-order valence-electron chi connectivity index (χ1n) is 9.67. The molecular formula is C21H23ClN4O5. The lowest BCUT2D eigenvalue weighted by molar-refractivity contribution is -0.121. The van der Waals surface area contributed by atoms with Gasteiger partial charge < -0.3 is 31.2 Å². The van der Waals surface area contributed by atoms with E-state index in [-0.39, 0.29) is 24.1 Å². The highest BCUT2D eigenvalue weighted by Crippen LogP contribution is 2.36. The van der Waals surface area contributed by atoms with E-state index in [1.165, 1.54) is 12.1 Å². The van der Waals surface area contributed by atoms with Gasteiger partial charge in [-0.05, 0) is 37.1 Å². The van der Waals surface area contributed by atoms with Gasteiger partial charge in [0, 0.05) is 12.6 Å². The predicted octanol–water partition coefficient (Wildman–Crippen LogP) is 2.54. The summed E-state index contributed by atoms with van der Waals surface area (Å²) in [7, 11) is 0. The maximum absolute atomic E-state index is 12.3. The van der Waals surface area contributed by atoms with E-state index in [2.05, 4.69) is 16.0 Å². The SMILES string of the molecule is CCOc1ccc(C[C@@H](CNC(=O)Nc2cc3c(cc2Cl)NC(=O)CO3)C(N)=O)cc1. The number of nitrogens with two attached hydrogens (primary N) is 1. The fourth-order valence-corrected chi connectivity index (χ4v) is 3.24. The Hall–Kier alpha value is -3.46. The molecule has 31 heavy (non-hydrogen) atoms. The van der Waals surface area contributed by atoms with E-state index < -0.39 is 17.9 Å². The van der Waals surface area contributed by atoms with Crippen LogP contribution in [0.4, 0.5) is 16.2 Å². The molecule has 2 aromatic rings. The molecule has 1 aliphatic heterocycles. The highest BCUT2D eigenvalue weighted by molar-refractivity contribution is 6.34. The molecule has 1 atom stereocenters. The Morgan fingerprint density at radius 1 is 1.29 bits per heavy atom. The Bertz CT molecular complexity index is 980. The quantitative estimate of drug-likeness (QED) is 0.494. The fourth-order valence-electron chi connectivity index (χ4n) is 3.02. The summed E-state index contributed by atoms with van der Waals surface area (Å²) in [6, 6.07) is 9.79. The summed E-state index contributed by atoms with van der Waals surface area (Å²) in [5.74, 6) is -0.270. The molecule has 1 heterocycles. The van der Waals surface area contributed by atoms with E-state index in [1.807, 2.05) is 31.2 Å². The topological polar surface area (TPSA) is 132 Å². The summed E-state index contributed by atoms with van der Waals surface area (Å²) in [5, 5.41) is 8.10. The van der Waals surface area contributed by atoms with Crippen molar-refractivity contribution in [1.29, 1.82) is 0 Å². The van der Waals surface area contributed by atoms with Crippen molar-refractivity contribution >= 4 is 40.8 Å². The standard InChI is InChI=1S/C21H23ClN4O5/c1-2-30-14-5-3-12(4-6-14)7-13(20(23)28)10-24-21(29)26-16-9-18-17(8-15(16)22)25-19(27)11-31-18/h3-6,8-9,13H,2,7,10-11H2,1H3,(H2,23,28)(H,25,27)(H2,24,26,29)/t13-/m0/s1. The molecule has 0 aromatic heterocycles. The van der Waals surface area contributed by atoms with Crippen LogP contribution >= 0.6 is 11.6 Å². The number of carbonyl (C=O) groups excluding carboxylic acids is 3. The second-order valence-corrected chi connectivity index (χ2v) is 7.29. The number of fused-ring (bicyclic) bond motifs is 1. The minimum Gasteiger partial charge on any atom is -0.494 e. The predicted molar refractivity (Wildman–Crippen MR) is 117 cm³/mol. The van der Waals surface area contributed by atoms with Crippen molar-refractivity contribution in [2.75, 3.05) is 30.4 Å². The van der Waals surface area contributed by atoms with Gasteiger partial charge >= 0.3 is 6.03 Å². The average Bonchev–Trinajstić information content (AvgIpc) is 2.73. The molecule has 0 fully saturated rings. The lowest BCUT2D eigenvalue weighted by Gasteiger charge is -2.20. The molecule has 0 unspecified atom stereocenters. The number of benzene rings is 2. The van der Waals surface area contributed by atoms with Gasteiger partial charge in [0.25, 0.3) is 5.91 Å². The van der Waals surface area contributed by atoms with Crippen molar-refractivity contribution in [2.45, 2.75) is 13.3 Å². The van der Waals surface area contributed by atoms with Crippen LogP contribution in [0.3, 0.4) is 0 Å². The maximum atomic E-state index is 12.3. The van der Waals surface area contributed by atoms with E-state index in [0.29, 0.717) is 30.2 Å².